The van der Waals surface area contributed by atoms with Gasteiger partial charge in [-0.2, -0.15) is 0 Å². The molecule has 88 valence electrons. The number of hydrogen-bond donors (Lipinski definition) is 1. The molecule has 0 bridgehead atoms. The summed E-state index contributed by atoms with van der Waals surface area (Å²) < 4.78 is 29.7. The van der Waals surface area contributed by atoms with Crippen molar-refractivity contribution in [1.29, 1.82) is 0 Å². The molecule has 2 unspecified atom stereocenters. The lowest BCUT2D eigenvalue weighted by atomic mass is 10.2. The van der Waals surface area contributed by atoms with Crippen LogP contribution in [0.25, 0.3) is 0 Å². The molecule has 1 aliphatic carbocycles. The van der Waals surface area contributed by atoms with Crippen LogP contribution in [0.4, 0.5) is 0 Å². The summed E-state index contributed by atoms with van der Waals surface area (Å²) in [7, 11) is -3.02. The van der Waals surface area contributed by atoms with Crippen LogP contribution in [0.3, 0.4) is 0 Å². The molecule has 0 radical (unpaired) electrons. The van der Waals surface area contributed by atoms with Crippen LogP contribution in [0.2, 0.25) is 0 Å². The maximum Gasteiger partial charge on any atom is 0.157 e. The van der Waals surface area contributed by atoms with Gasteiger partial charge in [0.1, 0.15) is 0 Å². The summed E-state index contributed by atoms with van der Waals surface area (Å²) in [6.45, 7) is 1.15. The molecular weight excluding hydrogens is 214 g/mol. The van der Waals surface area contributed by atoms with Crippen molar-refractivity contribution in [3.05, 3.63) is 0 Å². The van der Waals surface area contributed by atoms with Gasteiger partial charge < -0.3 is 10.5 Å². The van der Waals surface area contributed by atoms with Gasteiger partial charge in [0.05, 0.1) is 10.5 Å². The molecule has 0 aromatic rings. The second kappa shape index (κ2) is 4.39. The number of hydrogen-bond acceptors (Lipinski definition) is 4. The van der Waals surface area contributed by atoms with Crippen LogP contribution in [-0.4, -0.2) is 38.2 Å². The predicted molar refractivity (Wildman–Crippen MR) is 58.4 cm³/mol. The van der Waals surface area contributed by atoms with Crippen molar-refractivity contribution >= 4 is 9.84 Å². The van der Waals surface area contributed by atoms with Crippen LogP contribution in [0.5, 0.6) is 0 Å². The number of nitrogens with two attached hydrogens (primary N) is 1. The zero-order chi connectivity index (χ0) is 10.9. The van der Waals surface area contributed by atoms with Crippen molar-refractivity contribution in [2.75, 3.05) is 13.2 Å². The molecule has 2 N–H and O–H groups in total. The van der Waals surface area contributed by atoms with Crippen molar-refractivity contribution < 1.29 is 13.2 Å². The molecule has 0 spiro atoms. The molecule has 2 aliphatic rings. The van der Waals surface area contributed by atoms with E-state index in [0.29, 0.717) is 26.1 Å². The summed E-state index contributed by atoms with van der Waals surface area (Å²) >= 11 is 0. The highest BCUT2D eigenvalue weighted by Crippen LogP contribution is 2.30. The van der Waals surface area contributed by atoms with Crippen molar-refractivity contribution in [3.63, 3.8) is 0 Å². The van der Waals surface area contributed by atoms with Gasteiger partial charge in [0.25, 0.3) is 0 Å². The lowest BCUT2D eigenvalue weighted by molar-refractivity contribution is 0.0981. The van der Waals surface area contributed by atoms with Crippen LogP contribution in [0.1, 0.15) is 32.1 Å². The van der Waals surface area contributed by atoms with E-state index in [9.17, 15) is 8.42 Å². The Bertz CT molecular complexity index is 309. The molecular formula is C10H19NO3S. The van der Waals surface area contributed by atoms with Crippen LogP contribution < -0.4 is 5.73 Å². The van der Waals surface area contributed by atoms with Crippen LogP contribution in [-0.2, 0) is 14.6 Å². The molecule has 4 nitrogen and oxygen atoms in total. The van der Waals surface area contributed by atoms with Gasteiger partial charge in [-0.1, -0.05) is 6.42 Å². The van der Waals surface area contributed by atoms with Crippen molar-refractivity contribution in [2.24, 2.45) is 5.73 Å². The maximum absolute atomic E-state index is 12.3. The Balaban J connectivity index is 2.10. The van der Waals surface area contributed by atoms with E-state index in [0.717, 1.165) is 19.3 Å². The van der Waals surface area contributed by atoms with Gasteiger partial charge in [0.2, 0.25) is 0 Å². The number of ether oxygens (including phenoxy) is 1. The lowest BCUT2D eigenvalue weighted by Gasteiger charge is -2.26. The molecule has 2 fully saturated rings. The minimum atomic E-state index is -3.02. The summed E-state index contributed by atoms with van der Waals surface area (Å²) in [6, 6.07) is -0.141. The first kappa shape index (κ1) is 11.4. The molecule has 2 rings (SSSR count). The van der Waals surface area contributed by atoms with Crippen molar-refractivity contribution in [3.8, 4) is 0 Å². The SMILES string of the molecule is NC1CCCC1S(=O)(=O)C1CCOCC1. The van der Waals surface area contributed by atoms with Crippen molar-refractivity contribution in [1.82, 2.24) is 0 Å². The molecule has 0 amide bonds. The smallest absolute Gasteiger partial charge is 0.157 e. The van der Waals surface area contributed by atoms with Gasteiger partial charge in [0, 0.05) is 19.3 Å². The summed E-state index contributed by atoms with van der Waals surface area (Å²) in [6.07, 6.45) is 3.85. The van der Waals surface area contributed by atoms with Gasteiger partial charge in [-0.25, -0.2) is 8.42 Å². The number of rotatable bonds is 2. The topological polar surface area (TPSA) is 69.4 Å². The van der Waals surface area contributed by atoms with E-state index in [1.807, 2.05) is 0 Å². The first-order valence-electron chi connectivity index (χ1n) is 5.68. The fraction of sp³-hybridized carbons (Fsp3) is 1.00. The second-order valence-electron chi connectivity index (χ2n) is 4.53. The van der Waals surface area contributed by atoms with Crippen LogP contribution in [0, 0.1) is 0 Å². The first-order chi connectivity index (χ1) is 7.12. The Labute approximate surface area is 91.1 Å². The summed E-state index contributed by atoms with van der Waals surface area (Å²) in [5, 5.41) is -0.499. The highest BCUT2D eigenvalue weighted by atomic mass is 32.2. The average Bonchev–Trinajstić information content (AvgIpc) is 2.66. The largest absolute Gasteiger partial charge is 0.381 e. The standard InChI is InChI=1S/C10H19NO3S/c11-9-2-1-3-10(9)15(12,13)8-4-6-14-7-5-8/h8-10H,1-7,11H2. The zero-order valence-corrected chi connectivity index (χ0v) is 9.71. The molecule has 1 saturated heterocycles. The molecule has 1 heterocycles. The Morgan fingerprint density at radius 2 is 1.73 bits per heavy atom. The molecule has 1 aliphatic heterocycles. The van der Waals surface area contributed by atoms with E-state index < -0.39 is 9.84 Å². The van der Waals surface area contributed by atoms with Gasteiger partial charge in [-0.15, -0.1) is 0 Å². The van der Waals surface area contributed by atoms with Gasteiger partial charge in [-0.3, -0.25) is 0 Å². The zero-order valence-electron chi connectivity index (χ0n) is 8.89. The van der Waals surface area contributed by atoms with Gasteiger partial charge in [-0.05, 0) is 25.7 Å². The van der Waals surface area contributed by atoms with Gasteiger partial charge >= 0.3 is 0 Å². The summed E-state index contributed by atoms with van der Waals surface area (Å²) in [5.41, 5.74) is 5.86. The Kier molecular flexibility index (Phi) is 3.33. The van der Waals surface area contributed by atoms with E-state index in [4.69, 9.17) is 10.5 Å². The fourth-order valence-electron chi connectivity index (χ4n) is 2.61. The quantitative estimate of drug-likeness (QED) is 0.752. The molecule has 5 heteroatoms. The molecule has 0 aromatic heterocycles. The summed E-state index contributed by atoms with van der Waals surface area (Å²) in [4.78, 5) is 0. The van der Waals surface area contributed by atoms with E-state index in [1.165, 1.54) is 0 Å². The van der Waals surface area contributed by atoms with Crippen molar-refractivity contribution in [2.45, 2.75) is 48.6 Å². The average molecular weight is 233 g/mol. The third-order valence-corrected chi connectivity index (χ3v) is 6.39. The van der Waals surface area contributed by atoms with E-state index >= 15 is 0 Å². The first-order valence-corrected chi connectivity index (χ1v) is 7.29. The third kappa shape index (κ3) is 2.19. The Morgan fingerprint density at radius 1 is 1.07 bits per heavy atom. The Hall–Kier alpha value is -0.130. The maximum atomic E-state index is 12.3. The predicted octanol–water partition coefficient (Wildman–Crippen LogP) is 0.460. The normalized spacial score (nSPS) is 34.5. The minimum absolute atomic E-state index is 0.141. The van der Waals surface area contributed by atoms with Gasteiger partial charge in [0.15, 0.2) is 9.84 Å². The molecule has 0 aromatic carbocycles. The Morgan fingerprint density at radius 3 is 2.27 bits per heavy atom. The highest BCUT2D eigenvalue weighted by molar-refractivity contribution is 7.92. The second-order valence-corrected chi connectivity index (χ2v) is 6.98. The summed E-state index contributed by atoms with van der Waals surface area (Å²) in [5.74, 6) is 0. The van der Waals surface area contributed by atoms with E-state index in [-0.39, 0.29) is 16.5 Å². The minimum Gasteiger partial charge on any atom is -0.381 e. The third-order valence-electron chi connectivity index (χ3n) is 3.56. The molecule has 15 heavy (non-hydrogen) atoms. The van der Waals surface area contributed by atoms with Crippen LogP contribution in [0.15, 0.2) is 0 Å². The van der Waals surface area contributed by atoms with E-state index in [2.05, 4.69) is 0 Å². The molecule has 2 atom stereocenters. The number of sulfone groups is 1. The monoisotopic (exact) mass is 233 g/mol. The van der Waals surface area contributed by atoms with Crippen LogP contribution >= 0.6 is 0 Å². The molecule has 1 saturated carbocycles. The highest BCUT2D eigenvalue weighted by Gasteiger charge is 2.40. The lowest BCUT2D eigenvalue weighted by Crippen LogP contribution is -2.42. The van der Waals surface area contributed by atoms with E-state index in [1.54, 1.807) is 0 Å². The fourth-order valence-corrected chi connectivity index (χ4v) is 5.08.